The van der Waals surface area contributed by atoms with Gasteiger partial charge in [-0.15, -0.1) is 0 Å². The van der Waals surface area contributed by atoms with Crippen LogP contribution in [-0.2, 0) is 23.8 Å². The van der Waals surface area contributed by atoms with E-state index < -0.39 is 66.9 Å². The Morgan fingerprint density at radius 1 is 0.919 bits per heavy atom. The minimum Gasteiger partial charge on any atom is -0.571 e. The van der Waals surface area contributed by atoms with Crippen LogP contribution >= 0.6 is 0 Å². The Balaban J connectivity index is 1.66. The van der Waals surface area contributed by atoms with Gasteiger partial charge in [0.2, 0.25) is 6.29 Å². The van der Waals surface area contributed by atoms with Crippen LogP contribution in [0.2, 0.25) is 0 Å². The number of phenols is 4. The molecule has 6 atom stereocenters. The Morgan fingerprint density at radius 3 is 2.32 bits per heavy atom. The van der Waals surface area contributed by atoms with E-state index in [2.05, 4.69) is 9.47 Å². The van der Waals surface area contributed by atoms with E-state index in [1.807, 2.05) is 0 Å². The Labute approximate surface area is 207 Å². The number of hydrogen-bond donors (Lipinski definition) is 8. The molecule has 0 radical (unpaired) electrons. The lowest BCUT2D eigenvalue weighted by atomic mass is 9.98. The molecule has 0 spiro atoms. The summed E-state index contributed by atoms with van der Waals surface area (Å²) in [7, 11) is 0. The van der Waals surface area contributed by atoms with Crippen LogP contribution in [0.15, 0.2) is 36.1 Å². The van der Waals surface area contributed by atoms with Gasteiger partial charge in [-0.25, -0.2) is 9.59 Å². The zero-order chi connectivity index (χ0) is 27.0. The summed E-state index contributed by atoms with van der Waals surface area (Å²) in [5, 5.41) is 79.4. The highest BCUT2D eigenvalue weighted by atomic mass is 16.7. The molecule has 2 heterocycles. The summed E-state index contributed by atoms with van der Waals surface area (Å²) in [6, 6.07) is 6.08. The zero-order valence-corrected chi connectivity index (χ0v) is 18.7. The van der Waals surface area contributed by atoms with Crippen molar-refractivity contribution in [1.82, 2.24) is 0 Å². The van der Waals surface area contributed by atoms with Gasteiger partial charge in [-0.2, -0.15) is 0 Å². The molecule has 2 aliphatic heterocycles. The molecular weight excluding hydrogens is 500 g/mol. The molecule has 1 unspecified atom stereocenters. The maximum atomic E-state index is 11.3. The van der Waals surface area contributed by atoms with E-state index in [1.165, 1.54) is 30.3 Å². The van der Waals surface area contributed by atoms with Crippen molar-refractivity contribution in [3.63, 3.8) is 0 Å². The first kappa shape index (κ1) is 25.8. The predicted molar refractivity (Wildman–Crippen MR) is 118 cm³/mol. The van der Waals surface area contributed by atoms with Crippen molar-refractivity contribution >= 4 is 18.0 Å². The number of carbonyl (C=O) groups is 2. The molecule has 1 saturated heterocycles. The van der Waals surface area contributed by atoms with Gasteiger partial charge in [-0.3, -0.25) is 0 Å². The molecule has 0 saturated carbocycles. The van der Waals surface area contributed by atoms with Crippen molar-refractivity contribution < 1.29 is 69.4 Å². The van der Waals surface area contributed by atoms with E-state index in [0.717, 1.165) is 6.07 Å². The average Bonchev–Trinajstić information content (AvgIpc) is 2.84. The Kier molecular flexibility index (Phi) is 7.00. The second kappa shape index (κ2) is 10.0. The monoisotopic (exact) mass is 523 g/mol. The molecule has 4 rings (SSSR count). The first-order valence-electron chi connectivity index (χ1n) is 10.7. The van der Waals surface area contributed by atoms with Crippen molar-refractivity contribution in [2.24, 2.45) is 0 Å². The number of aromatic hydroxyl groups is 5. The summed E-state index contributed by atoms with van der Waals surface area (Å²) >= 11 is 0. The second-order valence-electron chi connectivity index (χ2n) is 8.26. The van der Waals surface area contributed by atoms with E-state index in [9.17, 15) is 45.3 Å². The lowest BCUT2D eigenvalue weighted by Gasteiger charge is -2.40. The van der Waals surface area contributed by atoms with Crippen LogP contribution in [0.3, 0.4) is 0 Å². The first-order chi connectivity index (χ1) is 17.5. The number of fused-ring (bicyclic) bond motifs is 1. The minimum atomic E-state index is -1.89. The molecular formula is C23H23O14+. The summed E-state index contributed by atoms with van der Waals surface area (Å²) in [5.74, 6) is -5.03. The summed E-state index contributed by atoms with van der Waals surface area (Å²) in [6.45, 7) is -0.794. The maximum Gasteiger partial charge on any atom is 0.417 e. The van der Waals surface area contributed by atoms with Gasteiger partial charge in [0.1, 0.15) is 48.1 Å². The lowest BCUT2D eigenvalue weighted by Crippen LogP contribution is -2.59. The number of aliphatic hydroxyl groups excluding tert-OH is 3. The number of rotatable bonds is 5. The highest BCUT2D eigenvalue weighted by Crippen LogP contribution is 2.46. The van der Waals surface area contributed by atoms with Crippen LogP contribution in [0.5, 0.6) is 28.7 Å². The Hall–Kier alpha value is -4.24. The number of hydrogen-bond acceptors (Lipinski definition) is 12. The number of carbonyl (C=O) groups excluding carboxylic acids is 1. The van der Waals surface area contributed by atoms with Crippen LogP contribution in [-0.4, -0.2) is 94.8 Å². The fourth-order valence-electron chi connectivity index (χ4n) is 3.84. The number of aliphatic carboxylic acids is 1. The normalized spacial score (nSPS) is 26.8. The van der Waals surface area contributed by atoms with E-state index in [4.69, 9.17) is 14.6 Å². The van der Waals surface area contributed by atoms with Crippen molar-refractivity contribution in [1.29, 1.82) is 0 Å². The van der Waals surface area contributed by atoms with Gasteiger partial charge in [0.05, 0.1) is 11.6 Å². The molecule has 0 aliphatic carbocycles. The third-order valence-electron chi connectivity index (χ3n) is 5.73. The van der Waals surface area contributed by atoms with Gasteiger partial charge in [0.25, 0.3) is 11.9 Å². The molecule has 14 heteroatoms. The molecule has 2 aromatic carbocycles. The fraction of sp³-hybridized carbons (Fsp3) is 0.304. The SMILES string of the molecule is O=C(O)C(=O)OC[C@H]1O[C@@H](OC2=Cc3c(O)cc(O)cc3[OH+]C2c2ccc(O)c(O)c2)[C@@H](O)[C@H](O)[C@@H]1O. The highest BCUT2D eigenvalue weighted by Gasteiger charge is 2.47. The maximum absolute atomic E-state index is 11.3. The Bertz CT molecular complexity index is 1240. The molecule has 37 heavy (non-hydrogen) atoms. The number of benzene rings is 2. The average molecular weight is 523 g/mol. The van der Waals surface area contributed by atoms with Crippen LogP contribution in [0.25, 0.3) is 6.08 Å². The van der Waals surface area contributed by atoms with Crippen molar-refractivity contribution in [3.05, 3.63) is 47.2 Å². The molecule has 0 aromatic heterocycles. The highest BCUT2D eigenvalue weighted by molar-refractivity contribution is 6.28. The number of phenolic OH excluding ortho intramolecular Hbond substituents is 4. The Morgan fingerprint density at radius 2 is 1.65 bits per heavy atom. The van der Waals surface area contributed by atoms with Gasteiger partial charge < -0.3 is 59.8 Å². The second-order valence-corrected chi connectivity index (χ2v) is 8.26. The number of esters is 1. The largest absolute Gasteiger partial charge is 0.571 e. The summed E-state index contributed by atoms with van der Waals surface area (Å²) in [5.41, 5.74) is 0.387. The third-order valence-corrected chi connectivity index (χ3v) is 5.73. The first-order valence-corrected chi connectivity index (χ1v) is 10.7. The third kappa shape index (κ3) is 5.17. The number of carboxylic acids is 1. The molecule has 2 aliphatic rings. The summed E-state index contributed by atoms with van der Waals surface area (Å²) < 4.78 is 20.2. The molecule has 0 bridgehead atoms. The van der Waals surface area contributed by atoms with Crippen LogP contribution in [0, 0.1) is 0 Å². The van der Waals surface area contributed by atoms with Crippen molar-refractivity contribution in [2.45, 2.75) is 36.8 Å². The summed E-state index contributed by atoms with van der Waals surface area (Å²) in [4.78, 5) is 21.9. The summed E-state index contributed by atoms with van der Waals surface area (Å²) in [6.07, 6.45) is -8.46. The number of ether oxygens (including phenoxy) is 4. The van der Waals surface area contributed by atoms with E-state index in [1.54, 1.807) is 0 Å². The lowest BCUT2D eigenvalue weighted by molar-refractivity contribution is -0.296. The molecule has 14 nitrogen and oxygen atoms in total. The van der Waals surface area contributed by atoms with Gasteiger partial charge in [-0.1, -0.05) is 0 Å². The van der Waals surface area contributed by atoms with Crippen molar-refractivity contribution in [3.8, 4) is 28.7 Å². The topological polar surface area (TPSA) is 236 Å². The molecule has 198 valence electrons. The van der Waals surface area contributed by atoms with Crippen molar-refractivity contribution in [2.75, 3.05) is 6.61 Å². The number of aliphatic hydroxyl groups is 4. The van der Waals surface area contributed by atoms with Crippen LogP contribution in [0.1, 0.15) is 17.2 Å². The van der Waals surface area contributed by atoms with Gasteiger partial charge in [0, 0.05) is 12.1 Å². The smallest absolute Gasteiger partial charge is 0.417 e. The molecule has 2 aromatic rings. The van der Waals surface area contributed by atoms with Gasteiger partial charge in [0.15, 0.2) is 17.3 Å². The minimum absolute atomic E-state index is 0.0903. The van der Waals surface area contributed by atoms with Crippen LogP contribution < -0.4 is 0 Å². The van der Waals surface area contributed by atoms with E-state index in [0.29, 0.717) is 0 Å². The standard InChI is InChI=1S/C23H22O14/c24-9-4-12(26)10-6-15(20(35-14(10)5-9)8-1-2-11(25)13(27)3-8)36-23-19(30)18(29)17(28)16(37-23)7-34-22(33)21(31)32/h1-6,16-20,23-30H,7H2,(H,31,32)/p+1/t16-,17-,18-,19+,20?,23-/m1/s1. The van der Waals surface area contributed by atoms with E-state index in [-0.39, 0.29) is 34.1 Å². The molecule has 1 fully saturated rings. The van der Waals surface area contributed by atoms with E-state index >= 15 is 0 Å². The zero-order valence-electron chi connectivity index (χ0n) is 18.7. The molecule has 0 amide bonds. The number of carboxylic acid groups (broad SMARTS) is 1. The van der Waals surface area contributed by atoms with Gasteiger partial charge >= 0.3 is 11.9 Å². The van der Waals surface area contributed by atoms with Gasteiger partial charge in [-0.05, 0) is 18.2 Å². The van der Waals surface area contributed by atoms with Crippen LogP contribution in [0.4, 0.5) is 0 Å². The predicted octanol–water partition coefficient (Wildman–Crippen LogP) is -0.702. The fourth-order valence-corrected chi connectivity index (χ4v) is 3.84. The quantitative estimate of drug-likeness (QED) is 0.105. The molecule has 9 N–H and O–H groups in total.